The van der Waals surface area contributed by atoms with Gasteiger partial charge >= 0.3 is 0 Å². The van der Waals surface area contributed by atoms with Gasteiger partial charge in [0.05, 0.1) is 6.04 Å². The SMILES string of the molecule is CC(C)CC(NC(=O)[C@H]1CCCN1)C(=O)N(C)C. The van der Waals surface area contributed by atoms with Crippen LogP contribution in [0.1, 0.15) is 33.1 Å². The molecule has 1 aliphatic rings. The molecule has 5 nitrogen and oxygen atoms in total. The maximum absolute atomic E-state index is 12.0. The highest BCUT2D eigenvalue weighted by molar-refractivity contribution is 5.89. The third kappa shape index (κ3) is 4.29. The summed E-state index contributed by atoms with van der Waals surface area (Å²) in [6.45, 7) is 4.99. The molecule has 2 atom stereocenters. The van der Waals surface area contributed by atoms with Crippen LogP contribution in [-0.4, -0.2) is 49.4 Å². The number of nitrogens with zero attached hydrogens (tertiary/aromatic N) is 1. The van der Waals surface area contributed by atoms with E-state index in [0.29, 0.717) is 12.3 Å². The van der Waals surface area contributed by atoms with E-state index in [-0.39, 0.29) is 17.9 Å². The predicted octanol–water partition coefficient (Wildman–Crippen LogP) is 0.358. The Kier molecular flexibility index (Phi) is 5.59. The van der Waals surface area contributed by atoms with Crippen LogP contribution in [-0.2, 0) is 9.59 Å². The van der Waals surface area contributed by atoms with Crippen LogP contribution in [0.15, 0.2) is 0 Å². The van der Waals surface area contributed by atoms with Crippen molar-refractivity contribution in [3.05, 3.63) is 0 Å². The average molecular weight is 255 g/mol. The highest BCUT2D eigenvalue weighted by Crippen LogP contribution is 2.09. The molecule has 0 bridgehead atoms. The highest BCUT2D eigenvalue weighted by atomic mass is 16.2. The Balaban J connectivity index is 2.59. The number of carbonyl (C=O) groups is 2. The first-order chi connectivity index (χ1) is 8.41. The van der Waals surface area contributed by atoms with Crippen molar-refractivity contribution in [3.63, 3.8) is 0 Å². The Morgan fingerprint density at radius 1 is 1.39 bits per heavy atom. The van der Waals surface area contributed by atoms with E-state index < -0.39 is 6.04 Å². The Labute approximate surface area is 109 Å². The zero-order valence-electron chi connectivity index (χ0n) is 11.8. The summed E-state index contributed by atoms with van der Waals surface area (Å²) in [5.41, 5.74) is 0. The Morgan fingerprint density at radius 2 is 2.06 bits per heavy atom. The van der Waals surface area contributed by atoms with Crippen LogP contribution in [0.5, 0.6) is 0 Å². The van der Waals surface area contributed by atoms with E-state index >= 15 is 0 Å². The smallest absolute Gasteiger partial charge is 0.244 e. The molecule has 2 N–H and O–H groups in total. The minimum Gasteiger partial charge on any atom is -0.347 e. The lowest BCUT2D eigenvalue weighted by Crippen LogP contribution is -2.51. The van der Waals surface area contributed by atoms with Gasteiger partial charge in [-0.1, -0.05) is 13.8 Å². The molecular weight excluding hydrogens is 230 g/mol. The molecule has 0 aromatic rings. The van der Waals surface area contributed by atoms with Crippen molar-refractivity contribution in [2.75, 3.05) is 20.6 Å². The summed E-state index contributed by atoms with van der Waals surface area (Å²) < 4.78 is 0. The zero-order valence-corrected chi connectivity index (χ0v) is 11.8. The fourth-order valence-electron chi connectivity index (χ4n) is 2.19. The normalized spacial score (nSPS) is 20.8. The van der Waals surface area contributed by atoms with Crippen molar-refractivity contribution < 1.29 is 9.59 Å². The number of rotatable bonds is 5. The van der Waals surface area contributed by atoms with Crippen LogP contribution in [0.2, 0.25) is 0 Å². The number of likely N-dealkylation sites (N-methyl/N-ethyl adjacent to an activating group) is 1. The zero-order chi connectivity index (χ0) is 13.7. The molecule has 0 spiro atoms. The Bertz CT molecular complexity index is 297. The number of nitrogens with one attached hydrogen (secondary N) is 2. The van der Waals surface area contributed by atoms with E-state index in [1.165, 1.54) is 4.90 Å². The average Bonchev–Trinajstić information content (AvgIpc) is 2.79. The lowest BCUT2D eigenvalue weighted by atomic mass is 10.0. The molecule has 0 aromatic heterocycles. The van der Waals surface area contributed by atoms with Crippen LogP contribution >= 0.6 is 0 Å². The molecule has 1 unspecified atom stereocenters. The van der Waals surface area contributed by atoms with Crippen molar-refractivity contribution in [1.82, 2.24) is 15.5 Å². The minimum atomic E-state index is -0.408. The van der Waals surface area contributed by atoms with E-state index in [2.05, 4.69) is 24.5 Å². The molecular formula is C13H25N3O2. The molecule has 0 radical (unpaired) electrons. The van der Waals surface area contributed by atoms with Crippen LogP contribution in [0.25, 0.3) is 0 Å². The van der Waals surface area contributed by atoms with Crippen molar-refractivity contribution in [1.29, 1.82) is 0 Å². The summed E-state index contributed by atoms with van der Waals surface area (Å²) in [5, 5.41) is 6.03. The first kappa shape index (κ1) is 15.0. The largest absolute Gasteiger partial charge is 0.347 e. The van der Waals surface area contributed by atoms with Crippen molar-refractivity contribution in [2.45, 2.75) is 45.2 Å². The molecule has 0 saturated carbocycles. The van der Waals surface area contributed by atoms with Gasteiger partial charge in [0.1, 0.15) is 6.04 Å². The number of hydrogen-bond acceptors (Lipinski definition) is 3. The number of carbonyl (C=O) groups excluding carboxylic acids is 2. The second kappa shape index (κ2) is 6.73. The van der Waals surface area contributed by atoms with Gasteiger partial charge in [-0.25, -0.2) is 0 Å². The number of amides is 2. The van der Waals surface area contributed by atoms with Gasteiger partial charge in [0.15, 0.2) is 0 Å². The van der Waals surface area contributed by atoms with Gasteiger partial charge in [0.25, 0.3) is 0 Å². The van der Waals surface area contributed by atoms with Crippen molar-refractivity contribution in [3.8, 4) is 0 Å². The third-order valence-electron chi connectivity index (χ3n) is 3.14. The van der Waals surface area contributed by atoms with Gasteiger partial charge in [-0.2, -0.15) is 0 Å². The highest BCUT2D eigenvalue weighted by Gasteiger charge is 2.28. The summed E-state index contributed by atoms with van der Waals surface area (Å²) in [5.74, 6) is 0.291. The minimum absolute atomic E-state index is 0.0324. The first-order valence-corrected chi connectivity index (χ1v) is 6.66. The molecule has 0 aliphatic carbocycles. The van der Waals surface area contributed by atoms with E-state index in [4.69, 9.17) is 0 Å². The summed E-state index contributed by atoms with van der Waals surface area (Å²) >= 11 is 0. The fraction of sp³-hybridized carbons (Fsp3) is 0.846. The van der Waals surface area contributed by atoms with Crippen LogP contribution in [0.3, 0.4) is 0 Å². The van der Waals surface area contributed by atoms with E-state index in [9.17, 15) is 9.59 Å². The fourth-order valence-corrected chi connectivity index (χ4v) is 2.19. The first-order valence-electron chi connectivity index (χ1n) is 6.66. The van der Waals surface area contributed by atoms with E-state index in [1.54, 1.807) is 14.1 Å². The van der Waals surface area contributed by atoms with Crippen LogP contribution < -0.4 is 10.6 Å². The van der Waals surface area contributed by atoms with Crippen LogP contribution in [0, 0.1) is 5.92 Å². The van der Waals surface area contributed by atoms with Gasteiger partial charge in [-0.05, 0) is 31.7 Å². The third-order valence-corrected chi connectivity index (χ3v) is 3.14. The molecule has 5 heteroatoms. The molecule has 1 heterocycles. The Morgan fingerprint density at radius 3 is 2.50 bits per heavy atom. The monoisotopic (exact) mass is 255 g/mol. The van der Waals surface area contributed by atoms with E-state index in [0.717, 1.165) is 19.4 Å². The molecule has 0 aromatic carbocycles. The number of hydrogen-bond donors (Lipinski definition) is 2. The van der Waals surface area contributed by atoms with Gasteiger partial charge < -0.3 is 15.5 Å². The Hall–Kier alpha value is -1.10. The summed E-state index contributed by atoms with van der Waals surface area (Å²) in [6, 6.07) is -0.537. The van der Waals surface area contributed by atoms with Gasteiger partial charge in [-0.15, -0.1) is 0 Å². The second-order valence-electron chi connectivity index (χ2n) is 5.57. The van der Waals surface area contributed by atoms with Crippen LogP contribution in [0.4, 0.5) is 0 Å². The summed E-state index contributed by atoms with van der Waals surface area (Å²) in [7, 11) is 3.44. The predicted molar refractivity (Wildman–Crippen MR) is 71.1 cm³/mol. The summed E-state index contributed by atoms with van der Waals surface area (Å²) in [4.78, 5) is 25.6. The van der Waals surface area contributed by atoms with Gasteiger partial charge in [0, 0.05) is 14.1 Å². The standard InChI is InChI=1S/C13H25N3O2/c1-9(2)8-11(13(18)16(3)4)15-12(17)10-6-5-7-14-10/h9-11,14H,5-8H2,1-4H3,(H,15,17)/t10-,11?/m1/s1. The lowest BCUT2D eigenvalue weighted by molar-refractivity contribution is -0.135. The quantitative estimate of drug-likeness (QED) is 0.745. The molecule has 1 fully saturated rings. The molecule has 2 amide bonds. The maximum Gasteiger partial charge on any atom is 0.244 e. The van der Waals surface area contributed by atoms with Crippen molar-refractivity contribution >= 4 is 11.8 Å². The van der Waals surface area contributed by atoms with Gasteiger partial charge in [0.2, 0.25) is 11.8 Å². The maximum atomic E-state index is 12.0. The molecule has 1 saturated heterocycles. The van der Waals surface area contributed by atoms with Crippen molar-refractivity contribution in [2.24, 2.45) is 5.92 Å². The molecule has 104 valence electrons. The molecule has 18 heavy (non-hydrogen) atoms. The summed E-state index contributed by atoms with van der Waals surface area (Å²) in [6.07, 6.45) is 2.56. The van der Waals surface area contributed by atoms with E-state index in [1.807, 2.05) is 0 Å². The lowest BCUT2D eigenvalue weighted by Gasteiger charge is -2.24. The molecule has 1 aliphatic heterocycles. The van der Waals surface area contributed by atoms with Gasteiger partial charge in [-0.3, -0.25) is 9.59 Å². The second-order valence-corrected chi connectivity index (χ2v) is 5.57. The topological polar surface area (TPSA) is 61.4 Å². The molecule has 1 rings (SSSR count).